The van der Waals surface area contributed by atoms with E-state index in [0.29, 0.717) is 17.9 Å². The standard InChI is InChI=1S/C24H27N3O3S/c1-15(2)20(22(29)25-13-12-16-8-4-3-5-9-16)26-21(28)19-14-31-24-18-11-7-6-10-17(18)23(30)27(19)24/h3-11,15,19-20,24H,12-14H2,1-2H3,(H,25,29)(H,26,28)/t19-,20-,24?/m0/s1. The molecule has 0 aliphatic carbocycles. The lowest BCUT2D eigenvalue weighted by molar-refractivity contribution is -0.131. The van der Waals surface area contributed by atoms with E-state index in [1.165, 1.54) is 0 Å². The van der Waals surface area contributed by atoms with Gasteiger partial charge in [0, 0.05) is 17.9 Å². The molecule has 3 atom stereocenters. The third-order valence-electron chi connectivity index (χ3n) is 5.80. The van der Waals surface area contributed by atoms with Crippen LogP contribution in [0, 0.1) is 5.92 Å². The number of thioether (sulfide) groups is 1. The number of nitrogens with one attached hydrogen (secondary N) is 2. The fourth-order valence-electron chi connectivity index (χ4n) is 4.11. The van der Waals surface area contributed by atoms with Crippen molar-refractivity contribution in [3.63, 3.8) is 0 Å². The second-order valence-electron chi connectivity index (χ2n) is 8.26. The predicted octanol–water partition coefficient (Wildman–Crippen LogP) is 2.76. The summed E-state index contributed by atoms with van der Waals surface area (Å²) in [7, 11) is 0. The van der Waals surface area contributed by atoms with E-state index in [1.54, 1.807) is 16.7 Å². The number of amides is 3. The Hall–Kier alpha value is -2.80. The highest BCUT2D eigenvalue weighted by atomic mass is 32.2. The lowest BCUT2D eigenvalue weighted by Gasteiger charge is -2.27. The van der Waals surface area contributed by atoms with Crippen molar-refractivity contribution in [2.45, 2.75) is 37.7 Å². The molecule has 6 nitrogen and oxygen atoms in total. The number of rotatable bonds is 7. The molecule has 2 aliphatic heterocycles. The molecule has 1 saturated heterocycles. The molecule has 2 aromatic carbocycles. The van der Waals surface area contributed by atoms with Gasteiger partial charge in [0.15, 0.2) is 0 Å². The minimum atomic E-state index is -0.646. The molecule has 1 unspecified atom stereocenters. The quantitative estimate of drug-likeness (QED) is 0.698. The second-order valence-corrected chi connectivity index (χ2v) is 9.37. The molecule has 7 heteroatoms. The Bertz CT molecular complexity index is 979. The average Bonchev–Trinajstić information content (AvgIpc) is 3.33. The smallest absolute Gasteiger partial charge is 0.256 e. The summed E-state index contributed by atoms with van der Waals surface area (Å²) < 4.78 is 0. The molecule has 31 heavy (non-hydrogen) atoms. The number of carbonyl (C=O) groups is 3. The molecule has 1 fully saturated rings. The first kappa shape index (κ1) is 21.4. The molecule has 0 spiro atoms. The summed E-state index contributed by atoms with van der Waals surface area (Å²) >= 11 is 1.59. The van der Waals surface area contributed by atoms with Crippen LogP contribution in [0.3, 0.4) is 0 Å². The maximum absolute atomic E-state index is 13.1. The van der Waals surface area contributed by atoms with Gasteiger partial charge in [-0.1, -0.05) is 62.4 Å². The summed E-state index contributed by atoms with van der Waals surface area (Å²) in [4.78, 5) is 40.4. The molecular formula is C24H27N3O3S. The Morgan fingerprint density at radius 1 is 1.10 bits per heavy atom. The summed E-state index contributed by atoms with van der Waals surface area (Å²) in [5, 5.41) is 5.72. The Morgan fingerprint density at radius 2 is 1.81 bits per heavy atom. The molecule has 2 heterocycles. The van der Waals surface area contributed by atoms with Crippen molar-refractivity contribution in [3.05, 3.63) is 71.3 Å². The molecule has 162 valence electrons. The van der Waals surface area contributed by atoms with Gasteiger partial charge in [-0.05, 0) is 29.5 Å². The summed E-state index contributed by atoms with van der Waals surface area (Å²) in [6, 6.07) is 16.2. The Kier molecular flexibility index (Phi) is 6.32. The first-order chi connectivity index (χ1) is 15.0. The zero-order chi connectivity index (χ0) is 22.0. The van der Waals surface area contributed by atoms with Crippen molar-refractivity contribution in [1.29, 1.82) is 0 Å². The van der Waals surface area contributed by atoms with Crippen LogP contribution in [0.2, 0.25) is 0 Å². The summed E-state index contributed by atoms with van der Waals surface area (Å²) in [5.41, 5.74) is 2.78. The third-order valence-corrected chi connectivity index (χ3v) is 7.10. The molecule has 2 aromatic rings. The molecule has 0 bridgehead atoms. The summed E-state index contributed by atoms with van der Waals surface area (Å²) in [5.74, 6) is -0.126. The Labute approximate surface area is 186 Å². The van der Waals surface area contributed by atoms with E-state index in [9.17, 15) is 14.4 Å². The van der Waals surface area contributed by atoms with E-state index in [0.717, 1.165) is 17.5 Å². The predicted molar refractivity (Wildman–Crippen MR) is 122 cm³/mol. The van der Waals surface area contributed by atoms with E-state index in [-0.39, 0.29) is 29.0 Å². The van der Waals surface area contributed by atoms with E-state index in [4.69, 9.17) is 0 Å². The highest BCUT2D eigenvalue weighted by molar-refractivity contribution is 7.99. The van der Waals surface area contributed by atoms with Crippen LogP contribution in [0.25, 0.3) is 0 Å². The van der Waals surface area contributed by atoms with E-state index in [1.807, 2.05) is 68.4 Å². The van der Waals surface area contributed by atoms with E-state index in [2.05, 4.69) is 10.6 Å². The highest BCUT2D eigenvalue weighted by Gasteiger charge is 2.48. The number of carbonyl (C=O) groups excluding carboxylic acids is 3. The Morgan fingerprint density at radius 3 is 2.55 bits per heavy atom. The average molecular weight is 438 g/mol. The number of benzene rings is 2. The molecule has 4 rings (SSSR count). The van der Waals surface area contributed by atoms with Crippen molar-refractivity contribution < 1.29 is 14.4 Å². The van der Waals surface area contributed by atoms with Crippen LogP contribution in [0.4, 0.5) is 0 Å². The largest absolute Gasteiger partial charge is 0.354 e. The van der Waals surface area contributed by atoms with Crippen LogP contribution in [0.5, 0.6) is 0 Å². The van der Waals surface area contributed by atoms with Crippen molar-refractivity contribution in [2.75, 3.05) is 12.3 Å². The van der Waals surface area contributed by atoms with Gasteiger partial charge >= 0.3 is 0 Å². The fraction of sp³-hybridized carbons (Fsp3) is 0.375. The van der Waals surface area contributed by atoms with Crippen LogP contribution in [-0.4, -0.2) is 47.0 Å². The van der Waals surface area contributed by atoms with Crippen LogP contribution < -0.4 is 10.6 Å². The number of hydrogen-bond donors (Lipinski definition) is 2. The van der Waals surface area contributed by atoms with E-state index < -0.39 is 12.1 Å². The van der Waals surface area contributed by atoms with Gasteiger partial charge in [0.25, 0.3) is 5.91 Å². The first-order valence-corrected chi connectivity index (χ1v) is 11.7. The number of hydrogen-bond acceptors (Lipinski definition) is 4. The SMILES string of the molecule is CC(C)[C@H](NC(=O)[C@@H]1CSC2c3ccccc3C(=O)N21)C(=O)NCCc1ccccc1. The van der Waals surface area contributed by atoms with Crippen molar-refractivity contribution in [1.82, 2.24) is 15.5 Å². The summed E-state index contributed by atoms with van der Waals surface area (Å²) in [6.45, 7) is 4.32. The van der Waals surface area contributed by atoms with Gasteiger partial charge in [0.05, 0.1) is 0 Å². The van der Waals surface area contributed by atoms with Crippen molar-refractivity contribution in [2.24, 2.45) is 5.92 Å². The van der Waals surface area contributed by atoms with Crippen LogP contribution >= 0.6 is 11.8 Å². The van der Waals surface area contributed by atoms with Crippen molar-refractivity contribution >= 4 is 29.5 Å². The van der Waals surface area contributed by atoms with Gasteiger partial charge in [0.1, 0.15) is 17.5 Å². The maximum Gasteiger partial charge on any atom is 0.256 e. The van der Waals surface area contributed by atoms with Gasteiger partial charge < -0.3 is 15.5 Å². The van der Waals surface area contributed by atoms with E-state index >= 15 is 0 Å². The van der Waals surface area contributed by atoms with Gasteiger partial charge in [-0.2, -0.15) is 0 Å². The van der Waals surface area contributed by atoms with Crippen LogP contribution in [0.1, 0.15) is 40.7 Å². The fourth-order valence-corrected chi connectivity index (χ4v) is 5.58. The molecule has 0 radical (unpaired) electrons. The zero-order valence-corrected chi connectivity index (χ0v) is 18.5. The monoisotopic (exact) mass is 437 g/mol. The topological polar surface area (TPSA) is 78.5 Å². The molecule has 2 aliphatic rings. The van der Waals surface area contributed by atoms with Gasteiger partial charge in [-0.15, -0.1) is 11.8 Å². The summed E-state index contributed by atoms with van der Waals surface area (Å²) in [6.07, 6.45) is 0.729. The molecule has 0 aromatic heterocycles. The van der Waals surface area contributed by atoms with Gasteiger partial charge in [-0.3, -0.25) is 14.4 Å². The maximum atomic E-state index is 13.1. The highest BCUT2D eigenvalue weighted by Crippen LogP contribution is 2.48. The molecule has 2 N–H and O–H groups in total. The third kappa shape index (κ3) is 4.32. The minimum absolute atomic E-state index is 0.0722. The molecule has 3 amide bonds. The number of fused-ring (bicyclic) bond motifs is 3. The Balaban J connectivity index is 1.38. The van der Waals surface area contributed by atoms with Crippen LogP contribution in [0.15, 0.2) is 54.6 Å². The number of nitrogens with zero attached hydrogens (tertiary/aromatic N) is 1. The first-order valence-electron chi connectivity index (χ1n) is 10.6. The molecule has 0 saturated carbocycles. The van der Waals surface area contributed by atoms with Crippen LogP contribution in [-0.2, 0) is 16.0 Å². The zero-order valence-electron chi connectivity index (χ0n) is 17.7. The second kappa shape index (κ2) is 9.14. The van der Waals surface area contributed by atoms with Crippen molar-refractivity contribution in [3.8, 4) is 0 Å². The lowest BCUT2D eigenvalue weighted by atomic mass is 10.0. The minimum Gasteiger partial charge on any atom is -0.354 e. The lowest BCUT2D eigenvalue weighted by Crippen LogP contribution is -2.55. The molecular weight excluding hydrogens is 410 g/mol. The van der Waals surface area contributed by atoms with Gasteiger partial charge in [-0.25, -0.2) is 0 Å². The normalized spacial score (nSPS) is 20.4. The van der Waals surface area contributed by atoms with Gasteiger partial charge in [0.2, 0.25) is 11.8 Å².